The van der Waals surface area contributed by atoms with E-state index in [9.17, 15) is 0 Å². The fourth-order valence-corrected chi connectivity index (χ4v) is 3.85. The highest BCUT2D eigenvalue weighted by molar-refractivity contribution is 5.60. The van der Waals surface area contributed by atoms with Crippen molar-refractivity contribution in [1.29, 1.82) is 0 Å². The standard InChI is InChI=1S/C23H25N3O3/c1-14-3-7-18(8-4-14)22-25-21(26-29-22)17-9-5-16(6-10-17)13-24-20-11-19(12-20)23-27-15(2)28-23/h3-10,15,19-20,23-24H,11-13H2,1-2H3. The van der Waals surface area contributed by atoms with E-state index in [-0.39, 0.29) is 12.6 Å². The molecule has 2 aliphatic rings. The molecule has 0 radical (unpaired) electrons. The van der Waals surface area contributed by atoms with Gasteiger partial charge in [0.25, 0.3) is 5.89 Å². The van der Waals surface area contributed by atoms with Crippen molar-refractivity contribution >= 4 is 0 Å². The van der Waals surface area contributed by atoms with Gasteiger partial charge in [0.05, 0.1) is 0 Å². The largest absolute Gasteiger partial charge is 0.334 e. The molecule has 0 atom stereocenters. The third kappa shape index (κ3) is 3.96. The molecule has 0 spiro atoms. The van der Waals surface area contributed by atoms with Gasteiger partial charge in [-0.2, -0.15) is 4.98 Å². The van der Waals surface area contributed by atoms with Crippen molar-refractivity contribution in [2.75, 3.05) is 0 Å². The summed E-state index contributed by atoms with van der Waals surface area (Å²) in [6, 6.07) is 16.9. The molecule has 0 amide bonds. The van der Waals surface area contributed by atoms with Crippen LogP contribution in [-0.4, -0.2) is 28.8 Å². The molecule has 2 aromatic carbocycles. The number of hydrogen-bond donors (Lipinski definition) is 1. The van der Waals surface area contributed by atoms with Crippen molar-refractivity contribution in [2.45, 2.75) is 51.9 Å². The van der Waals surface area contributed by atoms with Crippen LogP contribution < -0.4 is 5.32 Å². The van der Waals surface area contributed by atoms with Crippen molar-refractivity contribution in [3.63, 3.8) is 0 Å². The molecule has 0 bridgehead atoms. The van der Waals surface area contributed by atoms with E-state index in [2.05, 4.69) is 34.5 Å². The first-order valence-corrected chi connectivity index (χ1v) is 10.2. The highest BCUT2D eigenvalue weighted by atomic mass is 16.9. The summed E-state index contributed by atoms with van der Waals surface area (Å²) in [5.41, 5.74) is 4.33. The molecule has 1 aromatic heterocycles. The van der Waals surface area contributed by atoms with E-state index >= 15 is 0 Å². The van der Waals surface area contributed by atoms with Crippen molar-refractivity contribution in [2.24, 2.45) is 5.92 Å². The van der Waals surface area contributed by atoms with E-state index in [0.29, 0.717) is 23.7 Å². The molecule has 2 fully saturated rings. The third-order valence-corrected chi connectivity index (χ3v) is 5.74. The van der Waals surface area contributed by atoms with Gasteiger partial charge in [-0.25, -0.2) is 0 Å². The summed E-state index contributed by atoms with van der Waals surface area (Å²) in [6.07, 6.45) is 2.21. The molecule has 2 heterocycles. The molecular weight excluding hydrogens is 366 g/mol. The molecule has 6 heteroatoms. The maximum atomic E-state index is 5.57. The highest BCUT2D eigenvalue weighted by Crippen LogP contribution is 2.37. The number of nitrogens with one attached hydrogen (secondary N) is 1. The molecule has 1 aliphatic heterocycles. The predicted octanol–water partition coefficient (Wildman–Crippen LogP) is 4.30. The quantitative estimate of drug-likeness (QED) is 0.676. The zero-order valence-corrected chi connectivity index (χ0v) is 16.7. The molecule has 1 saturated heterocycles. The van der Waals surface area contributed by atoms with Gasteiger partial charge in [0.15, 0.2) is 12.6 Å². The Morgan fingerprint density at radius 2 is 1.66 bits per heavy atom. The Morgan fingerprint density at radius 1 is 0.966 bits per heavy atom. The average Bonchev–Trinajstić information content (AvgIpc) is 3.16. The Morgan fingerprint density at radius 3 is 2.34 bits per heavy atom. The molecule has 3 aromatic rings. The summed E-state index contributed by atoms with van der Waals surface area (Å²) in [5.74, 6) is 1.68. The lowest BCUT2D eigenvalue weighted by Crippen LogP contribution is -2.52. The van der Waals surface area contributed by atoms with Crippen LogP contribution in [0.5, 0.6) is 0 Å². The topological polar surface area (TPSA) is 69.4 Å². The van der Waals surface area contributed by atoms with Crippen LogP contribution in [0.25, 0.3) is 22.8 Å². The zero-order valence-electron chi connectivity index (χ0n) is 16.7. The Bertz CT molecular complexity index is 956. The summed E-state index contributed by atoms with van der Waals surface area (Å²) in [4.78, 5) is 4.53. The summed E-state index contributed by atoms with van der Waals surface area (Å²) in [6.45, 7) is 4.84. The van der Waals surface area contributed by atoms with Gasteiger partial charge >= 0.3 is 0 Å². The second kappa shape index (κ2) is 7.71. The normalized spacial score (nSPS) is 26.0. The molecule has 29 heavy (non-hydrogen) atoms. The van der Waals surface area contributed by atoms with Crippen molar-refractivity contribution in [3.05, 3.63) is 59.7 Å². The average molecular weight is 391 g/mol. The number of nitrogens with zero attached hydrogens (tertiary/aromatic N) is 2. The fraction of sp³-hybridized carbons (Fsp3) is 0.391. The molecular formula is C23H25N3O3. The van der Waals surface area contributed by atoms with Gasteiger partial charge in [-0.05, 0) is 44.4 Å². The molecule has 1 N–H and O–H groups in total. The lowest BCUT2D eigenvalue weighted by atomic mass is 9.79. The number of aromatic nitrogens is 2. The van der Waals surface area contributed by atoms with E-state index in [1.54, 1.807) is 0 Å². The monoisotopic (exact) mass is 391 g/mol. The molecule has 1 aliphatic carbocycles. The maximum absolute atomic E-state index is 5.57. The third-order valence-electron chi connectivity index (χ3n) is 5.74. The number of ether oxygens (including phenoxy) is 2. The number of aryl methyl sites for hydroxylation is 1. The minimum atomic E-state index is -0.0299. The Balaban J connectivity index is 1.14. The number of benzene rings is 2. The minimum Gasteiger partial charge on any atom is -0.334 e. The van der Waals surface area contributed by atoms with Crippen LogP contribution in [0.15, 0.2) is 53.1 Å². The summed E-state index contributed by atoms with van der Waals surface area (Å²) < 4.78 is 16.6. The van der Waals surface area contributed by atoms with Crippen LogP contribution in [0.1, 0.15) is 30.9 Å². The van der Waals surface area contributed by atoms with E-state index < -0.39 is 0 Å². The maximum Gasteiger partial charge on any atom is 0.258 e. The SMILES string of the molecule is Cc1ccc(-c2nc(-c3ccc(CNC4CC(C5OC(C)O5)C4)cc3)no2)cc1. The molecule has 1 saturated carbocycles. The van der Waals surface area contributed by atoms with Crippen molar-refractivity contribution in [1.82, 2.24) is 15.5 Å². The summed E-state index contributed by atoms with van der Waals surface area (Å²) >= 11 is 0. The summed E-state index contributed by atoms with van der Waals surface area (Å²) in [5, 5.41) is 7.74. The van der Waals surface area contributed by atoms with Crippen LogP contribution in [0.4, 0.5) is 0 Å². The van der Waals surface area contributed by atoms with Crippen LogP contribution in [-0.2, 0) is 16.0 Å². The van der Waals surface area contributed by atoms with E-state index in [1.807, 2.05) is 43.3 Å². The van der Waals surface area contributed by atoms with Gasteiger partial charge in [-0.3, -0.25) is 0 Å². The Labute approximate surface area is 170 Å². The van der Waals surface area contributed by atoms with Gasteiger partial charge in [-0.15, -0.1) is 0 Å². The van der Waals surface area contributed by atoms with Crippen molar-refractivity contribution in [3.8, 4) is 22.8 Å². The number of rotatable bonds is 6. The Hall–Kier alpha value is -2.54. The highest BCUT2D eigenvalue weighted by Gasteiger charge is 2.42. The first kappa shape index (κ1) is 18.5. The van der Waals surface area contributed by atoms with Gasteiger partial charge in [0.2, 0.25) is 5.82 Å². The molecule has 6 nitrogen and oxygen atoms in total. The first-order valence-electron chi connectivity index (χ1n) is 10.2. The number of hydrogen-bond acceptors (Lipinski definition) is 6. The Kier molecular flexibility index (Phi) is 4.91. The van der Waals surface area contributed by atoms with Crippen LogP contribution in [0.2, 0.25) is 0 Å². The molecule has 0 unspecified atom stereocenters. The van der Waals surface area contributed by atoms with Gasteiger partial charge < -0.3 is 19.3 Å². The second-order valence-corrected chi connectivity index (χ2v) is 8.00. The first-order chi connectivity index (χ1) is 14.1. The minimum absolute atomic E-state index is 0.0158. The van der Waals surface area contributed by atoms with E-state index in [4.69, 9.17) is 14.0 Å². The van der Waals surface area contributed by atoms with Gasteiger partial charge in [0.1, 0.15) is 0 Å². The lowest BCUT2D eigenvalue weighted by Gasteiger charge is -2.46. The van der Waals surface area contributed by atoms with Crippen LogP contribution >= 0.6 is 0 Å². The predicted molar refractivity (Wildman–Crippen MR) is 109 cm³/mol. The van der Waals surface area contributed by atoms with Crippen molar-refractivity contribution < 1.29 is 14.0 Å². The van der Waals surface area contributed by atoms with Crippen LogP contribution in [0.3, 0.4) is 0 Å². The second-order valence-electron chi connectivity index (χ2n) is 8.00. The lowest BCUT2D eigenvalue weighted by molar-refractivity contribution is -0.399. The van der Waals surface area contributed by atoms with E-state index in [0.717, 1.165) is 30.5 Å². The molecule has 150 valence electrons. The van der Waals surface area contributed by atoms with Gasteiger partial charge in [0, 0.05) is 29.6 Å². The van der Waals surface area contributed by atoms with Gasteiger partial charge in [-0.1, -0.05) is 47.1 Å². The summed E-state index contributed by atoms with van der Waals surface area (Å²) in [7, 11) is 0. The van der Waals surface area contributed by atoms with Crippen LogP contribution in [0, 0.1) is 12.8 Å². The smallest absolute Gasteiger partial charge is 0.258 e. The zero-order chi connectivity index (χ0) is 19.8. The van der Waals surface area contributed by atoms with E-state index in [1.165, 1.54) is 11.1 Å². The molecule has 5 rings (SSSR count). The fourth-order valence-electron chi connectivity index (χ4n) is 3.85.